The van der Waals surface area contributed by atoms with Crippen LogP contribution >= 0.6 is 0 Å². The second-order valence-electron chi connectivity index (χ2n) is 2.86. The Morgan fingerprint density at radius 1 is 1.46 bits per heavy atom. The van der Waals surface area contributed by atoms with E-state index in [-0.39, 0.29) is 0 Å². The maximum atomic E-state index is 8.63. The van der Waals surface area contributed by atoms with Gasteiger partial charge >= 0.3 is 0 Å². The molecule has 1 aliphatic heterocycles. The molecule has 0 radical (unpaired) electrons. The highest BCUT2D eigenvalue weighted by molar-refractivity contribution is 5.34. The third-order valence-corrected chi connectivity index (χ3v) is 1.82. The van der Waals surface area contributed by atoms with E-state index in [1.165, 1.54) is 0 Å². The van der Waals surface area contributed by atoms with Crippen molar-refractivity contribution in [2.45, 2.75) is 12.8 Å². The fraction of sp³-hybridized carbons (Fsp3) is 0.400. The van der Waals surface area contributed by atoms with E-state index in [1.807, 2.05) is 18.4 Å². The second-order valence-corrected chi connectivity index (χ2v) is 2.86. The first-order chi connectivity index (χ1) is 6.36. The molecule has 0 spiro atoms. The highest BCUT2D eigenvalue weighted by atomic mass is 15.1. The summed E-state index contributed by atoms with van der Waals surface area (Å²) in [6.07, 6.45) is 7.07. The van der Waals surface area contributed by atoms with Gasteiger partial charge < -0.3 is 4.90 Å². The summed E-state index contributed by atoms with van der Waals surface area (Å²) in [7, 11) is 0. The van der Waals surface area contributed by atoms with Gasteiger partial charge in [0.05, 0.1) is 11.6 Å². The van der Waals surface area contributed by atoms with E-state index in [4.69, 9.17) is 10.5 Å². The molecule has 0 aromatic heterocycles. The van der Waals surface area contributed by atoms with E-state index < -0.39 is 0 Å². The minimum atomic E-state index is 0.579. The van der Waals surface area contributed by atoms with Crippen molar-refractivity contribution in [3.05, 3.63) is 23.9 Å². The first kappa shape index (κ1) is 9.35. The number of nitrogens with zero attached hydrogens (tertiary/aromatic N) is 3. The Hall–Kier alpha value is -1.74. The zero-order chi connectivity index (χ0) is 9.52. The van der Waals surface area contributed by atoms with Crippen LogP contribution in [0.4, 0.5) is 0 Å². The molecule has 1 heterocycles. The van der Waals surface area contributed by atoms with Gasteiger partial charge in [-0.3, -0.25) is 0 Å². The van der Waals surface area contributed by atoms with E-state index in [9.17, 15) is 0 Å². The lowest BCUT2D eigenvalue weighted by Gasteiger charge is -2.20. The van der Waals surface area contributed by atoms with Crippen LogP contribution in [0.5, 0.6) is 0 Å². The fourth-order valence-electron chi connectivity index (χ4n) is 1.19. The van der Waals surface area contributed by atoms with Gasteiger partial charge in [-0.25, -0.2) is 0 Å². The summed E-state index contributed by atoms with van der Waals surface area (Å²) in [5, 5.41) is 17.0. The standard InChI is InChI=1S/C10H11N3/c11-5-1-2-6-13-7-3-4-10(8-12)9-13/h3-4,9H,1-2,6-7H2. The Bertz CT molecular complexity index is 301. The van der Waals surface area contributed by atoms with Crippen molar-refractivity contribution in [3.8, 4) is 12.1 Å². The summed E-state index contributed by atoms with van der Waals surface area (Å²) in [4.78, 5) is 2.05. The number of hydrogen-bond donors (Lipinski definition) is 0. The Kier molecular flexibility index (Phi) is 3.60. The molecule has 0 atom stereocenters. The lowest BCUT2D eigenvalue weighted by atomic mass is 10.2. The summed E-state index contributed by atoms with van der Waals surface area (Å²) in [5.74, 6) is 0. The van der Waals surface area contributed by atoms with Crippen LogP contribution in [0.3, 0.4) is 0 Å². The highest BCUT2D eigenvalue weighted by Gasteiger charge is 2.03. The largest absolute Gasteiger partial charge is 0.373 e. The molecular formula is C10H11N3. The molecule has 13 heavy (non-hydrogen) atoms. The van der Waals surface area contributed by atoms with Gasteiger partial charge in [0.2, 0.25) is 0 Å². The van der Waals surface area contributed by atoms with Gasteiger partial charge in [-0.2, -0.15) is 10.5 Å². The van der Waals surface area contributed by atoms with Gasteiger partial charge in [0, 0.05) is 25.7 Å². The predicted molar refractivity (Wildman–Crippen MR) is 49.3 cm³/mol. The van der Waals surface area contributed by atoms with Crippen molar-refractivity contribution in [3.63, 3.8) is 0 Å². The first-order valence-electron chi connectivity index (χ1n) is 4.26. The minimum Gasteiger partial charge on any atom is -0.373 e. The monoisotopic (exact) mass is 173 g/mol. The van der Waals surface area contributed by atoms with Crippen LogP contribution in [0.2, 0.25) is 0 Å². The summed E-state index contributed by atoms with van der Waals surface area (Å²) in [6, 6.07) is 4.19. The summed E-state index contributed by atoms with van der Waals surface area (Å²) < 4.78 is 0. The SMILES string of the molecule is N#CCCCN1C=C(C#N)C=CC1. The Morgan fingerprint density at radius 3 is 3.00 bits per heavy atom. The topological polar surface area (TPSA) is 50.8 Å². The van der Waals surface area contributed by atoms with Crippen LogP contribution in [0.25, 0.3) is 0 Å². The average Bonchev–Trinajstić information content (AvgIpc) is 2.19. The van der Waals surface area contributed by atoms with Gasteiger partial charge in [0.15, 0.2) is 0 Å². The molecule has 0 saturated carbocycles. The molecule has 0 unspecified atom stereocenters. The minimum absolute atomic E-state index is 0.579. The van der Waals surface area contributed by atoms with Crippen LogP contribution in [0.1, 0.15) is 12.8 Å². The third kappa shape index (κ3) is 3.01. The molecular weight excluding hydrogens is 162 g/mol. The van der Waals surface area contributed by atoms with Gasteiger partial charge in [-0.05, 0) is 12.5 Å². The van der Waals surface area contributed by atoms with Gasteiger partial charge in [0.1, 0.15) is 6.07 Å². The molecule has 0 aromatic rings. The molecule has 0 bridgehead atoms. The van der Waals surface area contributed by atoms with E-state index in [0.717, 1.165) is 19.5 Å². The number of hydrogen-bond acceptors (Lipinski definition) is 3. The molecule has 0 amide bonds. The van der Waals surface area contributed by atoms with Gasteiger partial charge in [-0.15, -0.1) is 0 Å². The molecule has 0 aromatic carbocycles. The molecule has 0 aliphatic carbocycles. The van der Waals surface area contributed by atoms with Crippen molar-refractivity contribution in [2.75, 3.05) is 13.1 Å². The quantitative estimate of drug-likeness (QED) is 0.609. The van der Waals surface area contributed by atoms with Crippen LogP contribution in [0, 0.1) is 22.7 Å². The molecule has 1 rings (SSSR count). The van der Waals surface area contributed by atoms with E-state index in [2.05, 4.69) is 17.0 Å². The lowest BCUT2D eigenvalue weighted by molar-refractivity contribution is 0.403. The predicted octanol–water partition coefficient (Wildman–Crippen LogP) is 1.57. The molecule has 0 saturated heterocycles. The van der Waals surface area contributed by atoms with Crippen LogP contribution in [-0.2, 0) is 0 Å². The summed E-state index contributed by atoms with van der Waals surface area (Å²) in [6.45, 7) is 1.69. The zero-order valence-corrected chi connectivity index (χ0v) is 7.40. The normalized spacial score (nSPS) is 14.6. The van der Waals surface area contributed by atoms with Crippen molar-refractivity contribution in [1.29, 1.82) is 10.5 Å². The van der Waals surface area contributed by atoms with E-state index in [0.29, 0.717) is 12.0 Å². The molecule has 3 heteroatoms. The summed E-state index contributed by atoms with van der Waals surface area (Å²) in [5.41, 5.74) is 0.684. The fourth-order valence-corrected chi connectivity index (χ4v) is 1.19. The maximum Gasteiger partial charge on any atom is 0.101 e. The number of nitriles is 2. The summed E-state index contributed by atoms with van der Waals surface area (Å²) >= 11 is 0. The lowest BCUT2D eigenvalue weighted by Crippen LogP contribution is -2.21. The Labute approximate surface area is 78.2 Å². The van der Waals surface area contributed by atoms with Gasteiger partial charge in [-0.1, -0.05) is 6.08 Å². The number of rotatable bonds is 3. The smallest absolute Gasteiger partial charge is 0.101 e. The van der Waals surface area contributed by atoms with Gasteiger partial charge in [0.25, 0.3) is 0 Å². The first-order valence-corrected chi connectivity index (χ1v) is 4.26. The zero-order valence-electron chi connectivity index (χ0n) is 7.40. The number of allylic oxidation sites excluding steroid dienone is 2. The maximum absolute atomic E-state index is 8.63. The van der Waals surface area contributed by atoms with E-state index >= 15 is 0 Å². The van der Waals surface area contributed by atoms with Crippen LogP contribution < -0.4 is 0 Å². The Balaban J connectivity index is 2.38. The van der Waals surface area contributed by atoms with Crippen molar-refractivity contribution >= 4 is 0 Å². The molecule has 1 aliphatic rings. The molecule has 0 fully saturated rings. The molecule has 0 N–H and O–H groups in total. The van der Waals surface area contributed by atoms with Crippen molar-refractivity contribution < 1.29 is 0 Å². The molecule has 3 nitrogen and oxygen atoms in total. The van der Waals surface area contributed by atoms with Crippen LogP contribution in [0.15, 0.2) is 23.9 Å². The van der Waals surface area contributed by atoms with Crippen LogP contribution in [-0.4, -0.2) is 18.0 Å². The van der Waals surface area contributed by atoms with E-state index in [1.54, 1.807) is 0 Å². The Morgan fingerprint density at radius 2 is 2.31 bits per heavy atom. The third-order valence-electron chi connectivity index (χ3n) is 1.82. The van der Waals surface area contributed by atoms with Crippen molar-refractivity contribution in [1.82, 2.24) is 4.90 Å². The molecule has 66 valence electrons. The number of unbranched alkanes of at least 4 members (excludes halogenated alkanes) is 1. The second kappa shape index (κ2) is 5.00. The van der Waals surface area contributed by atoms with Crippen molar-refractivity contribution in [2.24, 2.45) is 0 Å². The highest BCUT2D eigenvalue weighted by Crippen LogP contribution is 2.07. The average molecular weight is 173 g/mol.